The van der Waals surface area contributed by atoms with Gasteiger partial charge in [0, 0.05) is 18.5 Å². The molecule has 0 spiro atoms. The van der Waals surface area contributed by atoms with Crippen LogP contribution in [-0.2, 0) is 14.8 Å². The van der Waals surface area contributed by atoms with Crippen LogP contribution >= 0.6 is 11.8 Å². The lowest BCUT2D eigenvalue weighted by Crippen LogP contribution is -2.35. The van der Waals surface area contributed by atoms with Crippen LogP contribution in [0.2, 0.25) is 0 Å². The third-order valence-corrected chi connectivity index (χ3v) is 4.94. The molecule has 126 valence electrons. The second kappa shape index (κ2) is 7.33. The Bertz CT molecular complexity index is 873. The second-order valence-electron chi connectivity index (χ2n) is 4.25. The van der Waals surface area contributed by atoms with Gasteiger partial charge in [-0.1, -0.05) is 0 Å². The second-order valence-corrected chi connectivity index (χ2v) is 6.94. The van der Waals surface area contributed by atoms with Gasteiger partial charge in [0.25, 0.3) is 15.7 Å². The van der Waals surface area contributed by atoms with Gasteiger partial charge in [0.15, 0.2) is 5.16 Å². The Labute approximate surface area is 140 Å². The Balaban J connectivity index is 2.40. The van der Waals surface area contributed by atoms with E-state index in [1.54, 1.807) is 10.8 Å². The van der Waals surface area contributed by atoms with Gasteiger partial charge in [0.05, 0.1) is 21.3 Å². The fourth-order valence-electron chi connectivity index (χ4n) is 1.58. The molecule has 0 bridgehead atoms. The van der Waals surface area contributed by atoms with Gasteiger partial charge in [-0.05, 0) is 30.0 Å². The summed E-state index contributed by atoms with van der Waals surface area (Å²) in [4.78, 5) is 29.3. The minimum Gasteiger partial charge on any atom is -0.322 e. The monoisotopic (exact) mass is 369 g/mol. The summed E-state index contributed by atoms with van der Waals surface area (Å²) in [6.45, 7) is -0.527. The zero-order chi connectivity index (χ0) is 17.7. The largest absolute Gasteiger partial charge is 0.322 e. The number of rotatable bonds is 6. The summed E-state index contributed by atoms with van der Waals surface area (Å²) in [7, 11) is -4.24. The number of nitro groups is 1. The Morgan fingerprint density at radius 2 is 2.00 bits per heavy atom. The molecule has 0 saturated heterocycles. The Morgan fingerprint density at radius 1 is 1.33 bits per heavy atom. The van der Waals surface area contributed by atoms with Gasteiger partial charge in [-0.25, -0.2) is 23.1 Å². The van der Waals surface area contributed by atoms with Gasteiger partial charge in [-0.2, -0.15) is 0 Å². The van der Waals surface area contributed by atoms with Gasteiger partial charge < -0.3 is 5.73 Å². The number of nitro benzene ring substituents is 1. The van der Waals surface area contributed by atoms with E-state index in [-0.39, 0.29) is 10.1 Å². The number of nitrogens with zero attached hydrogens (tertiary/aromatic N) is 3. The molecule has 0 fully saturated rings. The number of amides is 1. The number of benzene rings is 1. The molecule has 1 heterocycles. The summed E-state index contributed by atoms with van der Waals surface area (Å²) in [5.41, 5.74) is 4.59. The van der Waals surface area contributed by atoms with Crippen molar-refractivity contribution in [3.63, 3.8) is 0 Å². The van der Waals surface area contributed by atoms with Crippen molar-refractivity contribution in [2.75, 3.05) is 6.54 Å². The fraction of sp³-hybridized carbons (Fsp3) is 0.0833. The van der Waals surface area contributed by atoms with E-state index in [4.69, 9.17) is 5.73 Å². The molecular weight excluding hydrogens is 358 g/mol. The first kappa shape index (κ1) is 17.8. The topological polar surface area (TPSA) is 158 Å². The molecule has 1 aromatic heterocycles. The molecule has 10 nitrogen and oxygen atoms in total. The predicted molar refractivity (Wildman–Crippen MR) is 83.6 cm³/mol. The first-order valence-corrected chi connectivity index (χ1v) is 8.62. The summed E-state index contributed by atoms with van der Waals surface area (Å²) < 4.78 is 25.7. The Kier molecular flexibility index (Phi) is 5.43. The average Bonchev–Trinajstić information content (AvgIpc) is 2.55. The number of carbonyl (C=O) groups is 1. The zero-order valence-electron chi connectivity index (χ0n) is 11.9. The molecule has 0 atom stereocenters. The molecule has 1 amide bonds. The smallest absolute Gasteiger partial charge is 0.284 e. The summed E-state index contributed by atoms with van der Waals surface area (Å²) in [6.07, 6.45) is 2.95. The molecule has 2 aromatic rings. The number of hydrogen-bond acceptors (Lipinski definition) is 9. The zero-order valence-corrected chi connectivity index (χ0v) is 13.6. The van der Waals surface area contributed by atoms with Crippen LogP contribution in [0.1, 0.15) is 0 Å². The maximum atomic E-state index is 12.0. The summed E-state index contributed by atoms with van der Waals surface area (Å²) in [5.74, 6) is -0.922. The van der Waals surface area contributed by atoms with Gasteiger partial charge in [0.1, 0.15) is 0 Å². The van der Waals surface area contributed by atoms with Crippen molar-refractivity contribution in [3.8, 4) is 0 Å². The number of nitrogens with two attached hydrogens (primary N) is 1. The van der Waals surface area contributed by atoms with Crippen LogP contribution in [0.4, 0.5) is 5.69 Å². The van der Waals surface area contributed by atoms with E-state index in [9.17, 15) is 23.3 Å². The van der Waals surface area contributed by atoms with Gasteiger partial charge in [0.2, 0.25) is 5.91 Å². The van der Waals surface area contributed by atoms with Gasteiger partial charge >= 0.3 is 0 Å². The van der Waals surface area contributed by atoms with E-state index in [2.05, 4.69) is 9.97 Å². The highest BCUT2D eigenvalue weighted by Crippen LogP contribution is 2.34. The quantitative estimate of drug-likeness (QED) is 0.415. The fourth-order valence-corrected chi connectivity index (χ4v) is 3.39. The van der Waals surface area contributed by atoms with Crippen molar-refractivity contribution < 1.29 is 18.1 Å². The molecule has 0 aliphatic heterocycles. The SMILES string of the molecule is NCC(=O)NS(=O)(=O)c1ccc(Sc2ncccn2)c([N+](=O)[O-])c1. The van der Waals surface area contributed by atoms with Crippen LogP contribution in [-0.4, -0.2) is 35.8 Å². The maximum Gasteiger partial charge on any atom is 0.284 e. The third kappa shape index (κ3) is 4.24. The van der Waals surface area contributed by atoms with Crippen LogP contribution in [0, 0.1) is 10.1 Å². The van der Waals surface area contributed by atoms with Crippen LogP contribution in [0.15, 0.2) is 51.6 Å². The van der Waals surface area contributed by atoms with E-state index in [1.165, 1.54) is 18.5 Å². The Hall–Kier alpha value is -2.57. The van der Waals surface area contributed by atoms with Gasteiger partial charge in [-0.3, -0.25) is 14.9 Å². The number of carbonyl (C=O) groups excluding carboxylic acids is 1. The molecule has 2 rings (SSSR count). The average molecular weight is 369 g/mol. The first-order chi connectivity index (χ1) is 11.3. The highest BCUT2D eigenvalue weighted by Gasteiger charge is 2.23. The molecule has 0 radical (unpaired) electrons. The summed E-state index contributed by atoms with van der Waals surface area (Å²) in [5, 5.41) is 11.5. The van der Waals surface area contributed by atoms with Crippen molar-refractivity contribution in [2.45, 2.75) is 14.9 Å². The van der Waals surface area contributed by atoms with Crippen molar-refractivity contribution >= 4 is 33.4 Å². The molecule has 1 aromatic carbocycles. The van der Waals surface area contributed by atoms with E-state index in [0.717, 1.165) is 23.9 Å². The number of sulfonamides is 1. The standard InChI is InChI=1S/C12H11N5O5S2/c13-7-11(18)16-24(21,22)8-2-3-10(9(6-8)17(19)20)23-12-14-4-1-5-15-12/h1-6H,7,13H2,(H,16,18). The first-order valence-electron chi connectivity index (χ1n) is 6.32. The molecule has 0 aliphatic carbocycles. The van der Waals surface area contributed by atoms with E-state index in [0.29, 0.717) is 0 Å². The maximum absolute atomic E-state index is 12.0. The highest BCUT2D eigenvalue weighted by atomic mass is 32.2. The summed E-state index contributed by atoms with van der Waals surface area (Å²) >= 11 is 0.914. The van der Waals surface area contributed by atoms with Crippen molar-refractivity contribution in [1.82, 2.24) is 14.7 Å². The van der Waals surface area contributed by atoms with Crippen LogP contribution in [0.3, 0.4) is 0 Å². The minimum absolute atomic E-state index is 0.162. The molecule has 12 heteroatoms. The van der Waals surface area contributed by atoms with E-state index < -0.39 is 38.0 Å². The predicted octanol–water partition coefficient (Wildman–Crippen LogP) is 0.300. The number of nitrogens with one attached hydrogen (secondary N) is 1. The van der Waals surface area contributed by atoms with Crippen molar-refractivity contribution in [2.24, 2.45) is 5.73 Å². The molecule has 24 heavy (non-hydrogen) atoms. The van der Waals surface area contributed by atoms with Crippen molar-refractivity contribution in [3.05, 3.63) is 46.8 Å². The molecule has 0 aliphatic rings. The lowest BCUT2D eigenvalue weighted by molar-refractivity contribution is -0.388. The highest BCUT2D eigenvalue weighted by molar-refractivity contribution is 7.99. The Morgan fingerprint density at radius 3 is 2.58 bits per heavy atom. The third-order valence-electron chi connectivity index (χ3n) is 2.61. The molecule has 0 unspecified atom stereocenters. The van der Waals surface area contributed by atoms with Crippen LogP contribution in [0.25, 0.3) is 0 Å². The summed E-state index contributed by atoms with van der Waals surface area (Å²) in [6, 6.07) is 4.84. The van der Waals surface area contributed by atoms with Crippen LogP contribution < -0.4 is 10.5 Å². The van der Waals surface area contributed by atoms with Crippen LogP contribution in [0.5, 0.6) is 0 Å². The number of aromatic nitrogens is 2. The lowest BCUT2D eigenvalue weighted by Gasteiger charge is -2.07. The molecule has 3 N–H and O–H groups in total. The normalized spacial score (nSPS) is 11.0. The molecular formula is C12H11N5O5S2. The molecule has 0 saturated carbocycles. The minimum atomic E-state index is -4.24. The number of hydrogen-bond donors (Lipinski definition) is 2. The lowest BCUT2D eigenvalue weighted by atomic mass is 10.3. The van der Waals surface area contributed by atoms with Gasteiger partial charge in [-0.15, -0.1) is 0 Å². The van der Waals surface area contributed by atoms with E-state index >= 15 is 0 Å². The van der Waals surface area contributed by atoms with Crippen molar-refractivity contribution in [1.29, 1.82) is 0 Å². The van der Waals surface area contributed by atoms with E-state index in [1.807, 2.05) is 0 Å².